The van der Waals surface area contributed by atoms with Crippen molar-refractivity contribution in [2.45, 2.75) is 260 Å². The molecule has 4 saturated carbocycles. The van der Waals surface area contributed by atoms with Crippen molar-refractivity contribution in [3.05, 3.63) is 11.6 Å². The standard InChI is InChI=1S/C58H94O27/c1-53(2)14-15-58(24(16-53)23-8-9-31-55(5)12-11-33(83-48-43(72)35(64)26(61)20-77-48)54(3,4)30(55)10-13-56(31,6)57(23,7)17-32(58)62)52(75)85-50-45(74)40(69)37(66)28(81-50)22-79-51-46(84-49-44(73)39(68)36(65)27(18-59)80-49)41(70)38(67)29(82-51)21-78-47-42(71)34(63)25(60)19-76-47/h8,24-51,59-74H,9-22H2,1-7H3. The van der Waals surface area contributed by atoms with Gasteiger partial charge in [0.05, 0.1) is 45.2 Å². The van der Waals surface area contributed by atoms with E-state index in [4.69, 9.17) is 47.4 Å². The van der Waals surface area contributed by atoms with Crippen LogP contribution in [0, 0.1) is 50.2 Å². The van der Waals surface area contributed by atoms with Crippen molar-refractivity contribution in [1.29, 1.82) is 0 Å². The Morgan fingerprint density at radius 1 is 0.541 bits per heavy atom. The average Bonchev–Trinajstić information content (AvgIpc) is 0.686. The first-order valence-corrected chi connectivity index (χ1v) is 30.2. The third-order valence-electron chi connectivity index (χ3n) is 22.7. The molecule has 488 valence electrons. The van der Waals surface area contributed by atoms with E-state index in [0.29, 0.717) is 25.7 Å². The van der Waals surface area contributed by atoms with Crippen LogP contribution in [-0.2, 0) is 52.2 Å². The first-order valence-electron chi connectivity index (χ1n) is 30.2. The van der Waals surface area contributed by atoms with E-state index in [1.54, 1.807) is 0 Å². The van der Waals surface area contributed by atoms with Gasteiger partial charge in [-0.25, -0.2) is 0 Å². The fraction of sp³-hybridized carbons (Fsp3) is 0.948. The van der Waals surface area contributed by atoms with Crippen LogP contribution in [0.2, 0.25) is 0 Å². The van der Waals surface area contributed by atoms with Crippen molar-refractivity contribution < 1.29 is 134 Å². The Bertz CT molecular complexity index is 2360. The van der Waals surface area contributed by atoms with E-state index in [9.17, 15) is 81.7 Å². The summed E-state index contributed by atoms with van der Waals surface area (Å²) in [4.78, 5) is 15.4. The highest BCUT2D eigenvalue weighted by atomic mass is 16.8. The molecule has 0 spiro atoms. The minimum atomic E-state index is -2.04. The summed E-state index contributed by atoms with van der Waals surface area (Å²) in [5.74, 6) is -1.12. The van der Waals surface area contributed by atoms with Crippen LogP contribution < -0.4 is 0 Å². The van der Waals surface area contributed by atoms with Gasteiger partial charge in [0.1, 0.15) is 115 Å². The number of fused-ring (bicyclic) bond motifs is 7. The first kappa shape index (κ1) is 66.1. The average molecular weight is 1220 g/mol. The maximum Gasteiger partial charge on any atom is 0.317 e. The third-order valence-corrected chi connectivity index (χ3v) is 22.7. The Morgan fingerprint density at radius 3 is 1.72 bits per heavy atom. The van der Waals surface area contributed by atoms with Gasteiger partial charge >= 0.3 is 5.97 Å². The van der Waals surface area contributed by atoms with Crippen molar-refractivity contribution in [3.63, 3.8) is 0 Å². The molecule has 5 heterocycles. The number of carbonyl (C=O) groups excluding carboxylic acids is 1. The van der Waals surface area contributed by atoms with Crippen molar-refractivity contribution in [2.24, 2.45) is 50.2 Å². The van der Waals surface area contributed by atoms with Gasteiger partial charge in [-0.2, -0.15) is 0 Å². The van der Waals surface area contributed by atoms with Gasteiger partial charge < -0.3 is 129 Å². The largest absolute Gasteiger partial charge is 0.432 e. The number of allylic oxidation sites excluding steroid dienone is 2. The van der Waals surface area contributed by atoms with Crippen LogP contribution in [0.5, 0.6) is 0 Å². The van der Waals surface area contributed by atoms with Crippen LogP contribution >= 0.6 is 0 Å². The van der Waals surface area contributed by atoms with E-state index in [0.717, 1.165) is 24.8 Å². The molecule has 27 heteroatoms. The molecule has 85 heavy (non-hydrogen) atoms. The number of esters is 1. The maximum absolute atomic E-state index is 15.4. The summed E-state index contributed by atoms with van der Waals surface area (Å²) in [6.07, 6.45) is -33.8. The number of carbonyl (C=O) groups is 1. The Balaban J connectivity index is 0.871. The molecule has 5 aliphatic carbocycles. The maximum atomic E-state index is 15.4. The molecule has 32 atom stereocenters. The van der Waals surface area contributed by atoms with Crippen molar-refractivity contribution in [3.8, 4) is 0 Å². The van der Waals surface area contributed by atoms with E-state index in [2.05, 4.69) is 54.5 Å². The van der Waals surface area contributed by atoms with Crippen LogP contribution in [-0.4, -0.2) is 274 Å². The Labute approximate surface area is 493 Å². The van der Waals surface area contributed by atoms with E-state index in [1.165, 1.54) is 0 Å². The van der Waals surface area contributed by atoms with Crippen LogP contribution in [0.3, 0.4) is 0 Å². The number of aliphatic hydroxyl groups excluding tert-OH is 16. The van der Waals surface area contributed by atoms with E-state index >= 15 is 4.79 Å². The molecule has 10 aliphatic rings. The van der Waals surface area contributed by atoms with Gasteiger partial charge in [-0.15, -0.1) is 0 Å². The highest BCUT2D eigenvalue weighted by Crippen LogP contribution is 2.76. The second-order valence-electron chi connectivity index (χ2n) is 28.4. The molecule has 0 aromatic carbocycles. The second-order valence-corrected chi connectivity index (χ2v) is 28.4. The number of aliphatic hydroxyl groups is 16. The lowest BCUT2D eigenvalue weighted by atomic mass is 9.33. The van der Waals surface area contributed by atoms with Crippen LogP contribution in [0.15, 0.2) is 11.6 Å². The number of hydrogen-bond donors (Lipinski definition) is 16. The monoisotopic (exact) mass is 1220 g/mol. The molecule has 10 rings (SSSR count). The number of ether oxygens (including phenoxy) is 10. The SMILES string of the molecule is CC1(C)CCC2(C(=O)OC3OC(COC4OC(COC5OCC(O)C(O)C5O)C(O)C(O)C4OC4OC(CO)C(O)C(O)C4O)C(O)C(O)C3O)C(O)CC3(C)C(=CCC4C5(C)CCC(OC6OCC(O)C(O)C6O)C(C)(C)C5CCC43C)C2C1. The van der Waals surface area contributed by atoms with Gasteiger partial charge in [0.2, 0.25) is 6.29 Å². The zero-order valence-electron chi connectivity index (χ0n) is 49.3. The molecule has 0 aromatic rings. The lowest BCUT2D eigenvalue weighted by molar-refractivity contribution is -0.376. The highest BCUT2D eigenvalue weighted by Gasteiger charge is 2.72. The molecule has 5 saturated heterocycles. The molecule has 0 aromatic heterocycles. The van der Waals surface area contributed by atoms with E-state index < -0.39 is 202 Å². The zero-order chi connectivity index (χ0) is 62.0. The Kier molecular flexibility index (Phi) is 18.9. The van der Waals surface area contributed by atoms with Gasteiger partial charge in [0.25, 0.3) is 0 Å². The molecule has 9 fully saturated rings. The molecule has 16 N–H and O–H groups in total. The summed E-state index contributed by atoms with van der Waals surface area (Å²) in [7, 11) is 0. The van der Waals surface area contributed by atoms with Crippen molar-refractivity contribution in [1.82, 2.24) is 0 Å². The van der Waals surface area contributed by atoms with Crippen molar-refractivity contribution in [2.75, 3.05) is 33.0 Å². The van der Waals surface area contributed by atoms with Gasteiger partial charge in [-0.05, 0) is 103 Å². The summed E-state index contributed by atoms with van der Waals surface area (Å²) in [6, 6.07) is 0. The zero-order valence-corrected chi connectivity index (χ0v) is 49.3. The Hall–Kier alpha value is -1.79. The predicted octanol–water partition coefficient (Wildman–Crippen LogP) is -3.96. The van der Waals surface area contributed by atoms with Gasteiger partial charge in [0, 0.05) is 0 Å². The molecular weight excluding hydrogens is 1130 g/mol. The van der Waals surface area contributed by atoms with Gasteiger partial charge in [-0.3, -0.25) is 4.79 Å². The van der Waals surface area contributed by atoms with Crippen LogP contribution in [0.25, 0.3) is 0 Å². The highest BCUT2D eigenvalue weighted by molar-refractivity contribution is 5.80. The molecule has 27 nitrogen and oxygen atoms in total. The smallest absolute Gasteiger partial charge is 0.317 e. The molecule has 0 radical (unpaired) electrons. The second kappa shape index (κ2) is 24.4. The van der Waals surface area contributed by atoms with E-state index in [-0.39, 0.29) is 53.6 Å². The van der Waals surface area contributed by atoms with Gasteiger partial charge in [-0.1, -0.05) is 60.1 Å². The molecule has 32 unspecified atom stereocenters. The number of rotatable bonds is 13. The fourth-order valence-corrected chi connectivity index (χ4v) is 17.3. The fourth-order valence-electron chi connectivity index (χ4n) is 17.3. The van der Waals surface area contributed by atoms with Gasteiger partial charge in [0.15, 0.2) is 25.2 Å². The first-order chi connectivity index (χ1) is 39.8. The lowest BCUT2D eigenvalue weighted by Gasteiger charge is -2.71. The lowest BCUT2D eigenvalue weighted by Crippen LogP contribution is -2.68. The minimum absolute atomic E-state index is 0.138. The summed E-state index contributed by atoms with van der Waals surface area (Å²) in [5, 5.41) is 174. The normalized spacial score (nSPS) is 54.1. The molecule has 0 bridgehead atoms. The van der Waals surface area contributed by atoms with Crippen molar-refractivity contribution >= 4 is 5.97 Å². The topological polar surface area (TPSA) is 433 Å². The summed E-state index contributed by atoms with van der Waals surface area (Å²) >= 11 is 0. The number of hydrogen-bond acceptors (Lipinski definition) is 27. The molecule has 5 aliphatic heterocycles. The van der Waals surface area contributed by atoms with Crippen LogP contribution in [0.1, 0.15) is 106 Å². The third kappa shape index (κ3) is 11.2. The predicted molar refractivity (Wildman–Crippen MR) is 285 cm³/mol. The summed E-state index contributed by atoms with van der Waals surface area (Å²) in [6.45, 7) is 12.6. The van der Waals surface area contributed by atoms with E-state index in [1.807, 2.05) is 0 Å². The molecular formula is C58H94O27. The summed E-state index contributed by atoms with van der Waals surface area (Å²) < 4.78 is 58.7. The van der Waals surface area contributed by atoms with Crippen LogP contribution in [0.4, 0.5) is 0 Å². The minimum Gasteiger partial charge on any atom is -0.432 e. The summed E-state index contributed by atoms with van der Waals surface area (Å²) in [5.41, 5.74) is -2.38. The molecule has 0 amide bonds. The quantitative estimate of drug-likeness (QED) is 0.0475. The Morgan fingerprint density at radius 2 is 1.08 bits per heavy atom.